The average molecular weight is 511 g/mol. The van der Waals surface area contributed by atoms with Crippen molar-refractivity contribution in [1.29, 1.82) is 0 Å². The van der Waals surface area contributed by atoms with Crippen LogP contribution in [-0.4, -0.2) is 29.9 Å². The van der Waals surface area contributed by atoms with E-state index < -0.39 is 0 Å². The summed E-state index contributed by atoms with van der Waals surface area (Å²) in [4.78, 5) is 27.1. The SMILES string of the molecule is COc1cc(/C=C2/SC(=S)N(c3ccccc3)C2=O)cc(Cl)c1OCC(=O)Nc1ccccc1. The Bertz CT molecular complexity index is 1270. The standard InChI is InChI=1S/C25H19ClN2O4S2/c1-31-20-13-16(14-21-24(30)28(25(33)34-21)18-10-6-3-7-11-18)12-19(26)23(20)32-15-22(29)27-17-8-4-2-5-9-17/h2-14H,15H2,1H3,(H,27,29)/b21-14+. The predicted octanol–water partition coefficient (Wildman–Crippen LogP) is 5.77. The van der Waals surface area contributed by atoms with E-state index in [-0.39, 0.29) is 29.2 Å². The lowest BCUT2D eigenvalue weighted by atomic mass is 10.1. The number of carbonyl (C=O) groups is 2. The fraction of sp³-hybridized carbons (Fsp3) is 0.0800. The van der Waals surface area contributed by atoms with Crippen LogP contribution in [0.3, 0.4) is 0 Å². The van der Waals surface area contributed by atoms with Crippen molar-refractivity contribution in [1.82, 2.24) is 0 Å². The first kappa shape index (κ1) is 23.8. The minimum absolute atomic E-state index is 0.214. The summed E-state index contributed by atoms with van der Waals surface area (Å²) in [5, 5.41) is 2.99. The van der Waals surface area contributed by atoms with Crippen molar-refractivity contribution >= 4 is 69.2 Å². The summed E-state index contributed by atoms with van der Waals surface area (Å²) in [5.41, 5.74) is 2.01. The molecule has 0 radical (unpaired) electrons. The van der Waals surface area contributed by atoms with E-state index in [1.807, 2.05) is 48.5 Å². The molecule has 9 heteroatoms. The molecule has 3 aromatic rings. The molecule has 1 N–H and O–H groups in total. The van der Waals surface area contributed by atoms with Crippen LogP contribution < -0.4 is 19.7 Å². The summed E-state index contributed by atoms with van der Waals surface area (Å²) in [6.45, 7) is -0.250. The number of halogens is 1. The molecule has 6 nitrogen and oxygen atoms in total. The van der Waals surface area contributed by atoms with Gasteiger partial charge < -0.3 is 14.8 Å². The molecule has 1 saturated heterocycles. The number of benzene rings is 3. The van der Waals surface area contributed by atoms with Crippen LogP contribution in [0, 0.1) is 0 Å². The molecule has 34 heavy (non-hydrogen) atoms. The number of anilines is 2. The third-order valence-electron chi connectivity index (χ3n) is 4.76. The first-order chi connectivity index (χ1) is 16.5. The third-order valence-corrected chi connectivity index (χ3v) is 6.35. The second-order valence-electron chi connectivity index (χ2n) is 7.09. The van der Waals surface area contributed by atoms with Crippen LogP contribution in [0.4, 0.5) is 11.4 Å². The number of hydrogen-bond donors (Lipinski definition) is 1. The molecule has 2 amide bonds. The number of thiocarbonyl (C=S) groups is 1. The highest BCUT2D eigenvalue weighted by molar-refractivity contribution is 8.27. The maximum absolute atomic E-state index is 13.0. The fourth-order valence-electron chi connectivity index (χ4n) is 3.24. The Labute approximate surface area is 211 Å². The molecule has 0 aromatic heterocycles. The van der Waals surface area contributed by atoms with E-state index in [1.54, 1.807) is 30.3 Å². The van der Waals surface area contributed by atoms with Crippen LogP contribution in [0.5, 0.6) is 11.5 Å². The predicted molar refractivity (Wildman–Crippen MR) is 141 cm³/mol. The lowest BCUT2D eigenvalue weighted by Crippen LogP contribution is -2.27. The monoisotopic (exact) mass is 510 g/mol. The van der Waals surface area contributed by atoms with Crippen LogP contribution in [-0.2, 0) is 9.59 Å². The van der Waals surface area contributed by atoms with Gasteiger partial charge in [-0.2, -0.15) is 0 Å². The number of carbonyl (C=O) groups excluding carboxylic acids is 2. The number of rotatable bonds is 7. The Morgan fingerprint density at radius 3 is 2.47 bits per heavy atom. The summed E-state index contributed by atoms with van der Waals surface area (Å²) < 4.78 is 11.5. The first-order valence-corrected chi connectivity index (χ1v) is 11.7. The molecule has 4 rings (SSSR count). The molecule has 1 aliphatic heterocycles. The molecule has 1 aliphatic rings. The Kier molecular flexibility index (Phi) is 7.52. The Morgan fingerprint density at radius 1 is 1.12 bits per heavy atom. The van der Waals surface area contributed by atoms with E-state index in [4.69, 9.17) is 33.3 Å². The number of thioether (sulfide) groups is 1. The molecule has 3 aromatic carbocycles. The van der Waals surface area contributed by atoms with Gasteiger partial charge in [-0.05, 0) is 48.0 Å². The van der Waals surface area contributed by atoms with E-state index in [0.717, 1.165) is 0 Å². The second kappa shape index (κ2) is 10.7. The molecule has 1 heterocycles. The largest absolute Gasteiger partial charge is 0.493 e. The number of ether oxygens (including phenoxy) is 2. The van der Waals surface area contributed by atoms with Gasteiger partial charge in [-0.25, -0.2) is 0 Å². The third kappa shape index (κ3) is 5.41. The minimum atomic E-state index is -0.335. The van der Waals surface area contributed by atoms with Crippen molar-refractivity contribution in [3.8, 4) is 11.5 Å². The van der Waals surface area contributed by atoms with Gasteiger partial charge in [0.05, 0.1) is 22.7 Å². The van der Waals surface area contributed by atoms with Gasteiger partial charge in [0.1, 0.15) is 0 Å². The van der Waals surface area contributed by atoms with Gasteiger partial charge >= 0.3 is 0 Å². The summed E-state index contributed by atoms with van der Waals surface area (Å²) in [7, 11) is 1.47. The van der Waals surface area contributed by atoms with E-state index in [1.165, 1.54) is 23.8 Å². The molecule has 0 spiro atoms. The zero-order valence-electron chi connectivity index (χ0n) is 18.0. The summed E-state index contributed by atoms with van der Waals surface area (Å²) in [6.07, 6.45) is 1.70. The van der Waals surface area contributed by atoms with Gasteiger partial charge in [-0.15, -0.1) is 0 Å². The van der Waals surface area contributed by atoms with Crippen molar-refractivity contribution in [3.05, 3.63) is 88.3 Å². The van der Waals surface area contributed by atoms with Gasteiger partial charge in [-0.1, -0.05) is 72.0 Å². The zero-order chi connectivity index (χ0) is 24.1. The Balaban J connectivity index is 1.50. The van der Waals surface area contributed by atoms with E-state index >= 15 is 0 Å². The van der Waals surface area contributed by atoms with Gasteiger partial charge in [0.15, 0.2) is 22.4 Å². The minimum Gasteiger partial charge on any atom is -0.493 e. The van der Waals surface area contributed by atoms with Gasteiger partial charge in [-0.3, -0.25) is 14.5 Å². The first-order valence-electron chi connectivity index (χ1n) is 10.1. The number of hydrogen-bond acceptors (Lipinski definition) is 6. The quantitative estimate of drug-likeness (QED) is 0.321. The van der Waals surface area contributed by atoms with Crippen molar-refractivity contribution in [2.24, 2.45) is 0 Å². The summed E-state index contributed by atoms with van der Waals surface area (Å²) in [5.74, 6) is 0.0262. The molecule has 0 aliphatic carbocycles. The highest BCUT2D eigenvalue weighted by atomic mass is 35.5. The molecule has 0 atom stereocenters. The lowest BCUT2D eigenvalue weighted by molar-refractivity contribution is -0.118. The molecule has 1 fully saturated rings. The summed E-state index contributed by atoms with van der Waals surface area (Å²) >= 11 is 13.1. The van der Waals surface area contributed by atoms with Crippen LogP contribution >= 0.6 is 35.6 Å². The van der Waals surface area contributed by atoms with Crippen LogP contribution in [0.15, 0.2) is 77.7 Å². The molecule has 0 bridgehead atoms. The van der Waals surface area contributed by atoms with E-state index in [2.05, 4.69) is 5.32 Å². The van der Waals surface area contributed by atoms with E-state index in [9.17, 15) is 9.59 Å². The maximum atomic E-state index is 13.0. The van der Waals surface area contributed by atoms with Crippen LogP contribution in [0.25, 0.3) is 6.08 Å². The van der Waals surface area contributed by atoms with Gasteiger partial charge in [0.2, 0.25) is 0 Å². The molecular weight excluding hydrogens is 492 g/mol. The van der Waals surface area contributed by atoms with E-state index in [0.29, 0.717) is 31.9 Å². The maximum Gasteiger partial charge on any atom is 0.270 e. The molecular formula is C25H19ClN2O4S2. The van der Waals surface area contributed by atoms with Crippen LogP contribution in [0.2, 0.25) is 5.02 Å². The Morgan fingerprint density at radius 2 is 1.79 bits per heavy atom. The van der Waals surface area contributed by atoms with Crippen molar-refractivity contribution in [2.45, 2.75) is 0 Å². The number of nitrogens with zero attached hydrogens (tertiary/aromatic N) is 1. The molecule has 0 unspecified atom stereocenters. The highest BCUT2D eigenvalue weighted by Crippen LogP contribution is 2.40. The second-order valence-corrected chi connectivity index (χ2v) is 9.17. The molecule has 172 valence electrons. The van der Waals surface area contributed by atoms with Crippen molar-refractivity contribution in [3.63, 3.8) is 0 Å². The van der Waals surface area contributed by atoms with Crippen molar-refractivity contribution < 1.29 is 19.1 Å². The summed E-state index contributed by atoms with van der Waals surface area (Å²) in [6, 6.07) is 21.6. The number of nitrogens with one attached hydrogen (secondary N) is 1. The number of methoxy groups -OCH3 is 1. The average Bonchev–Trinajstić information content (AvgIpc) is 3.11. The van der Waals surface area contributed by atoms with Gasteiger partial charge in [0.25, 0.3) is 11.8 Å². The zero-order valence-corrected chi connectivity index (χ0v) is 20.4. The fourth-order valence-corrected chi connectivity index (χ4v) is 4.81. The topological polar surface area (TPSA) is 67.9 Å². The molecule has 0 saturated carbocycles. The number of para-hydroxylation sites is 2. The van der Waals surface area contributed by atoms with Crippen LogP contribution in [0.1, 0.15) is 5.56 Å². The smallest absolute Gasteiger partial charge is 0.270 e. The van der Waals surface area contributed by atoms with Crippen molar-refractivity contribution in [2.75, 3.05) is 23.9 Å². The normalized spacial score (nSPS) is 14.4. The Hall–Kier alpha value is -3.33. The number of amides is 2. The highest BCUT2D eigenvalue weighted by Gasteiger charge is 2.33. The lowest BCUT2D eigenvalue weighted by Gasteiger charge is -2.14. The van der Waals surface area contributed by atoms with Gasteiger partial charge in [0, 0.05) is 5.69 Å².